The minimum Gasteiger partial charge on any atom is -0.423 e. The van der Waals surface area contributed by atoms with Gasteiger partial charge in [0.1, 0.15) is 0 Å². The Morgan fingerprint density at radius 1 is 0.824 bits per heavy atom. The molecule has 0 atom stereocenters. The van der Waals surface area contributed by atoms with Crippen LogP contribution in [0.5, 0.6) is 5.75 Å². The third kappa shape index (κ3) is 8.85. The molecule has 1 aliphatic carbocycles. The van der Waals surface area contributed by atoms with Gasteiger partial charge in [0.25, 0.3) is 0 Å². The number of ether oxygens (including phenoxy) is 1. The van der Waals surface area contributed by atoms with Crippen molar-refractivity contribution in [3.63, 3.8) is 0 Å². The van der Waals surface area contributed by atoms with Crippen molar-refractivity contribution in [3.8, 4) is 17.1 Å². The number of carbonyl (C=O) groups excluding carboxylic acids is 1. The smallest absolute Gasteiger partial charge is 0.311 e. The van der Waals surface area contributed by atoms with Gasteiger partial charge in [0.05, 0.1) is 12.4 Å². The molecule has 1 fully saturated rings. The number of benzene rings is 1. The zero-order chi connectivity index (χ0) is 24.0. The highest BCUT2D eigenvalue weighted by molar-refractivity contribution is 5.72. The van der Waals surface area contributed by atoms with Crippen LogP contribution in [0.25, 0.3) is 11.4 Å². The van der Waals surface area contributed by atoms with Gasteiger partial charge in [-0.25, -0.2) is 9.97 Å². The van der Waals surface area contributed by atoms with E-state index in [1.54, 1.807) is 12.4 Å². The van der Waals surface area contributed by atoms with E-state index in [1.165, 1.54) is 82.6 Å². The van der Waals surface area contributed by atoms with Crippen molar-refractivity contribution in [2.24, 2.45) is 5.92 Å². The molecule has 4 heteroatoms. The highest BCUT2D eigenvalue weighted by Crippen LogP contribution is 2.38. The number of hydrogen-bond donors (Lipinski definition) is 0. The van der Waals surface area contributed by atoms with Gasteiger partial charge in [-0.2, -0.15) is 0 Å². The summed E-state index contributed by atoms with van der Waals surface area (Å²) in [6.07, 6.45) is 21.5. The molecule has 34 heavy (non-hydrogen) atoms. The second-order valence-electron chi connectivity index (χ2n) is 10.1. The molecule has 1 aliphatic rings. The third-order valence-corrected chi connectivity index (χ3v) is 7.30. The largest absolute Gasteiger partial charge is 0.423 e. The Hall–Kier alpha value is -2.23. The van der Waals surface area contributed by atoms with Crippen LogP contribution in [0.2, 0.25) is 0 Å². The Morgan fingerprint density at radius 3 is 2.12 bits per heavy atom. The normalized spacial score (nSPS) is 18.1. The van der Waals surface area contributed by atoms with Crippen molar-refractivity contribution in [2.75, 3.05) is 0 Å². The molecule has 1 heterocycles. The number of unbranched alkanes of at least 4 members (excludes halogenated alkanes) is 7. The summed E-state index contributed by atoms with van der Waals surface area (Å²) in [5.74, 6) is 2.52. The Kier molecular flexibility index (Phi) is 11.6. The number of hydrogen-bond acceptors (Lipinski definition) is 4. The van der Waals surface area contributed by atoms with E-state index in [4.69, 9.17) is 4.74 Å². The number of aromatic nitrogens is 2. The fourth-order valence-corrected chi connectivity index (χ4v) is 5.12. The van der Waals surface area contributed by atoms with Crippen LogP contribution in [-0.4, -0.2) is 15.9 Å². The van der Waals surface area contributed by atoms with E-state index in [9.17, 15) is 4.79 Å². The monoisotopic (exact) mass is 464 g/mol. The molecule has 0 unspecified atom stereocenters. The van der Waals surface area contributed by atoms with Crippen molar-refractivity contribution < 1.29 is 9.53 Å². The van der Waals surface area contributed by atoms with E-state index in [1.807, 2.05) is 0 Å². The van der Waals surface area contributed by atoms with E-state index in [-0.39, 0.29) is 5.97 Å². The van der Waals surface area contributed by atoms with Gasteiger partial charge in [-0.05, 0) is 49.5 Å². The standard InChI is InChI=1S/C30H44N2O2/c1-3-5-7-8-9-11-13-29(33)34-28-22-31-30(32-23-28)27-20-18-26(19-21-27)25-16-14-24(15-17-25)12-10-6-4-2/h18-25H,3-17H2,1-2H3. The third-order valence-electron chi connectivity index (χ3n) is 7.30. The fourth-order valence-electron chi connectivity index (χ4n) is 5.12. The van der Waals surface area contributed by atoms with Gasteiger partial charge < -0.3 is 4.74 Å². The van der Waals surface area contributed by atoms with Crippen LogP contribution in [0.1, 0.15) is 122 Å². The van der Waals surface area contributed by atoms with Crippen molar-refractivity contribution in [1.82, 2.24) is 9.97 Å². The first kappa shape index (κ1) is 26.4. The van der Waals surface area contributed by atoms with Crippen molar-refractivity contribution in [2.45, 2.75) is 116 Å². The van der Waals surface area contributed by atoms with Gasteiger partial charge in [-0.1, -0.05) is 95.9 Å². The van der Waals surface area contributed by atoms with E-state index in [0.29, 0.717) is 23.9 Å². The maximum Gasteiger partial charge on any atom is 0.311 e. The summed E-state index contributed by atoms with van der Waals surface area (Å²) in [7, 11) is 0. The maximum absolute atomic E-state index is 12.1. The van der Waals surface area contributed by atoms with Gasteiger partial charge in [0.15, 0.2) is 11.6 Å². The second kappa shape index (κ2) is 14.9. The average molecular weight is 465 g/mol. The van der Waals surface area contributed by atoms with Gasteiger partial charge in [-0.3, -0.25) is 4.79 Å². The Morgan fingerprint density at radius 2 is 1.44 bits per heavy atom. The summed E-state index contributed by atoms with van der Waals surface area (Å²) in [5.41, 5.74) is 2.44. The van der Waals surface area contributed by atoms with Crippen LogP contribution in [0.3, 0.4) is 0 Å². The Balaban J connectivity index is 1.42. The molecule has 0 N–H and O–H groups in total. The lowest BCUT2D eigenvalue weighted by atomic mass is 9.77. The molecule has 1 saturated carbocycles. The number of rotatable bonds is 14. The van der Waals surface area contributed by atoms with Crippen LogP contribution in [0.4, 0.5) is 0 Å². The minimum atomic E-state index is -0.198. The van der Waals surface area contributed by atoms with Gasteiger partial charge in [0, 0.05) is 12.0 Å². The molecule has 4 nitrogen and oxygen atoms in total. The number of carbonyl (C=O) groups is 1. The topological polar surface area (TPSA) is 52.1 Å². The molecular formula is C30H44N2O2. The summed E-state index contributed by atoms with van der Waals surface area (Å²) >= 11 is 0. The quantitative estimate of drug-likeness (QED) is 0.207. The van der Waals surface area contributed by atoms with Crippen LogP contribution in [0, 0.1) is 5.92 Å². The van der Waals surface area contributed by atoms with E-state index in [0.717, 1.165) is 24.3 Å². The molecule has 0 saturated heterocycles. The van der Waals surface area contributed by atoms with E-state index >= 15 is 0 Å². The lowest BCUT2D eigenvalue weighted by Gasteiger charge is -2.29. The molecule has 0 radical (unpaired) electrons. The first-order valence-electron chi connectivity index (χ1n) is 13.8. The lowest BCUT2D eigenvalue weighted by molar-refractivity contribution is -0.134. The van der Waals surface area contributed by atoms with Crippen LogP contribution < -0.4 is 4.74 Å². The highest BCUT2D eigenvalue weighted by atomic mass is 16.5. The number of nitrogens with zero attached hydrogens (tertiary/aromatic N) is 2. The van der Waals surface area contributed by atoms with Crippen molar-refractivity contribution in [3.05, 3.63) is 42.2 Å². The van der Waals surface area contributed by atoms with Gasteiger partial charge in [0.2, 0.25) is 0 Å². The predicted molar refractivity (Wildman–Crippen MR) is 140 cm³/mol. The second-order valence-corrected chi connectivity index (χ2v) is 10.1. The average Bonchev–Trinajstić information content (AvgIpc) is 2.87. The van der Waals surface area contributed by atoms with E-state index in [2.05, 4.69) is 48.1 Å². The molecule has 0 amide bonds. The first-order chi connectivity index (χ1) is 16.7. The van der Waals surface area contributed by atoms with Crippen LogP contribution >= 0.6 is 0 Å². The van der Waals surface area contributed by atoms with Crippen molar-refractivity contribution >= 4 is 5.97 Å². The lowest BCUT2D eigenvalue weighted by Crippen LogP contribution is -2.13. The van der Waals surface area contributed by atoms with Crippen LogP contribution in [-0.2, 0) is 4.79 Å². The highest BCUT2D eigenvalue weighted by Gasteiger charge is 2.22. The predicted octanol–water partition coefficient (Wildman–Crippen LogP) is 8.65. The maximum atomic E-state index is 12.1. The first-order valence-corrected chi connectivity index (χ1v) is 13.8. The summed E-state index contributed by atoms with van der Waals surface area (Å²) in [4.78, 5) is 20.9. The molecule has 3 rings (SSSR count). The van der Waals surface area contributed by atoms with Crippen molar-refractivity contribution in [1.29, 1.82) is 0 Å². The van der Waals surface area contributed by atoms with Gasteiger partial charge in [-0.15, -0.1) is 0 Å². The summed E-state index contributed by atoms with van der Waals surface area (Å²) in [6.45, 7) is 4.49. The molecule has 1 aromatic carbocycles. The summed E-state index contributed by atoms with van der Waals surface area (Å²) < 4.78 is 5.41. The molecule has 2 aromatic rings. The van der Waals surface area contributed by atoms with Crippen LogP contribution in [0.15, 0.2) is 36.7 Å². The molecule has 0 aliphatic heterocycles. The molecule has 0 bridgehead atoms. The zero-order valence-electron chi connectivity index (χ0n) is 21.4. The Bertz CT molecular complexity index is 824. The summed E-state index contributed by atoms with van der Waals surface area (Å²) in [5, 5.41) is 0. The van der Waals surface area contributed by atoms with Gasteiger partial charge >= 0.3 is 5.97 Å². The fraction of sp³-hybridized carbons (Fsp3) is 0.633. The summed E-state index contributed by atoms with van der Waals surface area (Å²) in [6, 6.07) is 8.74. The minimum absolute atomic E-state index is 0.198. The SMILES string of the molecule is CCCCCCCCC(=O)Oc1cnc(-c2ccc(C3CCC(CCCCC)CC3)cc2)nc1. The van der Waals surface area contributed by atoms with E-state index < -0.39 is 0 Å². The number of esters is 1. The zero-order valence-corrected chi connectivity index (χ0v) is 21.4. The Labute approximate surface area is 206 Å². The molecule has 0 spiro atoms. The molecule has 186 valence electrons. The molecule has 1 aromatic heterocycles. The molecular weight excluding hydrogens is 420 g/mol.